The van der Waals surface area contributed by atoms with Crippen molar-refractivity contribution in [3.05, 3.63) is 12.2 Å². The molecule has 1 aliphatic heterocycles. The van der Waals surface area contributed by atoms with Gasteiger partial charge in [0.1, 0.15) is 0 Å². The number of nitrogens with two attached hydrogens (primary N) is 1. The fourth-order valence-corrected chi connectivity index (χ4v) is 3.33. The summed E-state index contributed by atoms with van der Waals surface area (Å²) in [5.41, 5.74) is 6.02. The predicted octanol–water partition coefficient (Wildman–Crippen LogP) is 1.85. The molecule has 0 amide bonds. The highest BCUT2D eigenvalue weighted by atomic mass is 32.2. The van der Waals surface area contributed by atoms with Gasteiger partial charge in [0.15, 0.2) is 5.17 Å². The molecule has 7 heteroatoms. The van der Waals surface area contributed by atoms with Gasteiger partial charge in [-0.1, -0.05) is 31.0 Å². The van der Waals surface area contributed by atoms with Crippen LogP contribution in [0.5, 0.6) is 0 Å². The van der Waals surface area contributed by atoms with Crippen LogP contribution in [0.4, 0.5) is 0 Å². The molecule has 0 radical (unpaired) electrons. The van der Waals surface area contributed by atoms with Crippen molar-refractivity contribution in [2.75, 3.05) is 5.75 Å². The van der Waals surface area contributed by atoms with Gasteiger partial charge in [0, 0.05) is 17.9 Å². The minimum absolute atomic E-state index is 0.271. The Kier molecular flexibility index (Phi) is 6.57. The standard InChI is InChI=1S/C9H16N2S.C4H4O4/c10-8-11-9(6-7-12-8)4-2-1-3-5-9;5-3(6)1-2-4(7)8/h1-7H2,(H2,10,11);1-2H,(H,5,6)(H,7,8)/b;2-1-. The average Bonchev–Trinajstić information content (AvgIpc) is 2.38. The summed E-state index contributed by atoms with van der Waals surface area (Å²) >= 11 is 1.71. The number of carboxylic acid groups (broad SMARTS) is 2. The zero-order valence-corrected chi connectivity index (χ0v) is 12.1. The molecule has 20 heavy (non-hydrogen) atoms. The molecule has 0 saturated heterocycles. The van der Waals surface area contributed by atoms with Crippen molar-refractivity contribution in [1.29, 1.82) is 0 Å². The topological polar surface area (TPSA) is 113 Å². The molecule has 0 aromatic heterocycles. The zero-order chi connectivity index (χ0) is 15.0. The number of thioether (sulfide) groups is 1. The van der Waals surface area contributed by atoms with E-state index in [9.17, 15) is 9.59 Å². The lowest BCUT2D eigenvalue weighted by atomic mass is 9.80. The van der Waals surface area contributed by atoms with Crippen LogP contribution < -0.4 is 5.73 Å². The monoisotopic (exact) mass is 300 g/mol. The fourth-order valence-electron chi connectivity index (χ4n) is 2.38. The van der Waals surface area contributed by atoms with Crippen molar-refractivity contribution < 1.29 is 19.8 Å². The highest BCUT2D eigenvalue weighted by Crippen LogP contribution is 2.38. The van der Waals surface area contributed by atoms with Gasteiger partial charge in [-0.15, -0.1) is 0 Å². The number of rotatable bonds is 2. The van der Waals surface area contributed by atoms with Crippen LogP contribution in [0.2, 0.25) is 0 Å². The SMILES string of the molecule is NC1=NC2(CCCCC2)CCS1.O=C(O)/C=C\C(=O)O. The first-order valence-corrected chi connectivity index (χ1v) is 7.54. The van der Waals surface area contributed by atoms with Crippen molar-refractivity contribution in [2.24, 2.45) is 10.7 Å². The first-order chi connectivity index (χ1) is 9.43. The van der Waals surface area contributed by atoms with Gasteiger partial charge in [-0.3, -0.25) is 4.99 Å². The van der Waals surface area contributed by atoms with Crippen LogP contribution in [-0.4, -0.2) is 38.6 Å². The summed E-state index contributed by atoms with van der Waals surface area (Å²) in [6, 6.07) is 0. The van der Waals surface area contributed by atoms with Crippen molar-refractivity contribution >= 4 is 28.9 Å². The number of hydrogen-bond donors (Lipinski definition) is 3. The summed E-state index contributed by atoms with van der Waals surface area (Å²) in [7, 11) is 0. The minimum Gasteiger partial charge on any atom is -0.478 e. The van der Waals surface area contributed by atoms with Gasteiger partial charge in [0.25, 0.3) is 0 Å². The van der Waals surface area contributed by atoms with Crippen LogP contribution in [0.25, 0.3) is 0 Å². The molecule has 1 spiro atoms. The molecule has 2 aliphatic rings. The first kappa shape index (κ1) is 16.6. The van der Waals surface area contributed by atoms with Crippen molar-refractivity contribution in [2.45, 2.75) is 44.1 Å². The highest BCUT2D eigenvalue weighted by Gasteiger charge is 2.33. The zero-order valence-electron chi connectivity index (χ0n) is 11.2. The summed E-state index contributed by atoms with van der Waals surface area (Å²) in [6.45, 7) is 0. The average molecular weight is 300 g/mol. The second-order valence-corrected chi connectivity index (χ2v) is 5.96. The van der Waals surface area contributed by atoms with E-state index in [-0.39, 0.29) is 5.54 Å². The number of hydrogen-bond acceptors (Lipinski definition) is 5. The summed E-state index contributed by atoms with van der Waals surface area (Å²) in [4.78, 5) is 23.7. The van der Waals surface area contributed by atoms with E-state index in [1.54, 1.807) is 11.8 Å². The smallest absolute Gasteiger partial charge is 0.328 e. The molecule has 0 unspecified atom stereocenters. The van der Waals surface area contributed by atoms with Gasteiger partial charge in [-0.25, -0.2) is 9.59 Å². The van der Waals surface area contributed by atoms with E-state index in [2.05, 4.69) is 4.99 Å². The van der Waals surface area contributed by atoms with Crippen LogP contribution >= 0.6 is 11.8 Å². The molecule has 0 atom stereocenters. The lowest BCUT2D eigenvalue weighted by Gasteiger charge is -2.36. The largest absolute Gasteiger partial charge is 0.478 e. The number of amidine groups is 1. The maximum absolute atomic E-state index is 9.55. The number of carboxylic acids is 2. The molecule has 0 aromatic rings. The molecule has 6 nitrogen and oxygen atoms in total. The maximum atomic E-state index is 9.55. The number of aliphatic carboxylic acids is 2. The van der Waals surface area contributed by atoms with E-state index in [1.165, 1.54) is 44.3 Å². The van der Waals surface area contributed by atoms with Crippen molar-refractivity contribution in [1.82, 2.24) is 0 Å². The van der Waals surface area contributed by atoms with E-state index in [1.807, 2.05) is 0 Å². The lowest BCUT2D eigenvalue weighted by molar-refractivity contribution is -0.134. The van der Waals surface area contributed by atoms with E-state index < -0.39 is 11.9 Å². The summed E-state index contributed by atoms with van der Waals surface area (Å²) in [5, 5.41) is 16.4. The van der Waals surface area contributed by atoms with Gasteiger partial charge in [0.05, 0.1) is 5.54 Å². The summed E-state index contributed by atoms with van der Waals surface area (Å²) < 4.78 is 0. The molecular weight excluding hydrogens is 280 g/mol. The Morgan fingerprint density at radius 1 is 1.10 bits per heavy atom. The van der Waals surface area contributed by atoms with Gasteiger partial charge >= 0.3 is 11.9 Å². The van der Waals surface area contributed by atoms with E-state index >= 15 is 0 Å². The van der Waals surface area contributed by atoms with Crippen LogP contribution in [0.1, 0.15) is 38.5 Å². The van der Waals surface area contributed by atoms with Crippen LogP contribution in [-0.2, 0) is 9.59 Å². The summed E-state index contributed by atoms with van der Waals surface area (Å²) in [6.07, 6.45) is 9.00. The predicted molar refractivity (Wildman–Crippen MR) is 78.9 cm³/mol. The molecule has 112 valence electrons. The lowest BCUT2D eigenvalue weighted by Crippen LogP contribution is -2.35. The van der Waals surface area contributed by atoms with Crippen LogP contribution in [0, 0.1) is 0 Å². The third-order valence-corrected chi connectivity index (χ3v) is 4.11. The Morgan fingerprint density at radius 2 is 1.65 bits per heavy atom. The molecule has 1 heterocycles. The molecule has 0 aromatic carbocycles. The number of nitrogens with zero attached hydrogens (tertiary/aromatic N) is 1. The minimum atomic E-state index is -1.26. The third-order valence-electron chi connectivity index (χ3n) is 3.32. The quantitative estimate of drug-likeness (QED) is 0.671. The molecule has 1 fully saturated rings. The van der Waals surface area contributed by atoms with Gasteiger partial charge < -0.3 is 15.9 Å². The molecule has 1 aliphatic carbocycles. The third kappa shape index (κ3) is 6.10. The molecular formula is C13H20N2O4S. The summed E-state index contributed by atoms with van der Waals surface area (Å²) in [5.74, 6) is -1.34. The van der Waals surface area contributed by atoms with E-state index in [4.69, 9.17) is 15.9 Å². The van der Waals surface area contributed by atoms with Gasteiger partial charge in [0.2, 0.25) is 0 Å². The maximum Gasteiger partial charge on any atom is 0.328 e. The van der Waals surface area contributed by atoms with E-state index in [0.717, 1.165) is 5.17 Å². The molecule has 0 bridgehead atoms. The Labute approximate surface area is 122 Å². The van der Waals surface area contributed by atoms with Gasteiger partial charge in [-0.2, -0.15) is 0 Å². The normalized spacial score (nSPS) is 20.9. The Bertz CT molecular complexity index is 399. The second-order valence-electron chi connectivity index (χ2n) is 4.84. The highest BCUT2D eigenvalue weighted by molar-refractivity contribution is 8.13. The van der Waals surface area contributed by atoms with E-state index in [0.29, 0.717) is 12.2 Å². The second kappa shape index (κ2) is 7.94. The van der Waals surface area contributed by atoms with Crippen LogP contribution in [0.3, 0.4) is 0 Å². The Hall–Kier alpha value is -1.50. The number of carbonyl (C=O) groups is 2. The number of aliphatic imine (C=N–C) groups is 1. The molecule has 1 saturated carbocycles. The Balaban J connectivity index is 0.000000221. The fraction of sp³-hybridized carbons (Fsp3) is 0.615. The first-order valence-electron chi connectivity index (χ1n) is 6.56. The van der Waals surface area contributed by atoms with Crippen molar-refractivity contribution in [3.63, 3.8) is 0 Å². The Morgan fingerprint density at radius 3 is 2.10 bits per heavy atom. The van der Waals surface area contributed by atoms with Crippen molar-refractivity contribution in [3.8, 4) is 0 Å². The molecule has 2 rings (SSSR count). The molecule has 4 N–H and O–H groups in total. The van der Waals surface area contributed by atoms with Crippen LogP contribution in [0.15, 0.2) is 17.1 Å². The van der Waals surface area contributed by atoms with Gasteiger partial charge in [-0.05, 0) is 19.3 Å².